The molecule has 24 heavy (non-hydrogen) atoms. The molecule has 1 amide bonds. The highest BCUT2D eigenvalue weighted by Gasteiger charge is 2.42. The highest BCUT2D eigenvalue weighted by atomic mass is 32.2. The summed E-state index contributed by atoms with van der Waals surface area (Å²) in [6.07, 6.45) is 5.41. The van der Waals surface area contributed by atoms with E-state index in [4.69, 9.17) is 4.42 Å². The fourth-order valence-electron chi connectivity index (χ4n) is 4.46. The number of carbonyl (C=O) groups is 1. The first kappa shape index (κ1) is 16.0. The number of rotatable bonds is 5. The Morgan fingerprint density at radius 1 is 1.29 bits per heavy atom. The van der Waals surface area contributed by atoms with Crippen molar-refractivity contribution < 1.29 is 9.21 Å². The Bertz CT molecular complexity index is 711. The van der Waals surface area contributed by atoms with Gasteiger partial charge in [0.15, 0.2) is 5.58 Å². The Hall–Kier alpha value is -1.49. The number of nitrogens with one attached hydrogen (secondary N) is 1. The zero-order chi connectivity index (χ0) is 16.7. The molecule has 0 unspecified atom stereocenters. The van der Waals surface area contributed by atoms with Crippen LogP contribution in [0, 0.1) is 17.8 Å². The molecule has 2 bridgehead atoms. The van der Waals surface area contributed by atoms with E-state index in [2.05, 4.69) is 17.2 Å². The highest BCUT2D eigenvalue weighted by molar-refractivity contribution is 8.00. The van der Waals surface area contributed by atoms with E-state index in [1.165, 1.54) is 37.4 Å². The number of thioether (sulfide) groups is 1. The van der Waals surface area contributed by atoms with Crippen LogP contribution in [0.3, 0.4) is 0 Å². The maximum Gasteiger partial charge on any atom is 0.257 e. The number of oxazole rings is 1. The Labute approximate surface area is 146 Å². The number of fused-ring (bicyclic) bond motifs is 3. The Balaban J connectivity index is 1.35. The Kier molecular flexibility index (Phi) is 4.29. The number of hydrogen-bond donors (Lipinski definition) is 1. The third-order valence-corrected chi connectivity index (χ3v) is 6.67. The van der Waals surface area contributed by atoms with Crippen molar-refractivity contribution in [2.45, 2.75) is 56.0 Å². The number of carbonyl (C=O) groups excluding carboxylic acids is 1. The van der Waals surface area contributed by atoms with Gasteiger partial charge in [-0.25, -0.2) is 4.98 Å². The topological polar surface area (TPSA) is 55.1 Å². The molecule has 1 aromatic carbocycles. The number of nitrogens with zero attached hydrogens (tertiary/aromatic N) is 1. The molecule has 0 aliphatic heterocycles. The summed E-state index contributed by atoms with van der Waals surface area (Å²) < 4.78 is 5.71. The molecular formula is C19H24N2O2S. The van der Waals surface area contributed by atoms with Crippen molar-refractivity contribution in [2.75, 3.05) is 0 Å². The van der Waals surface area contributed by atoms with Gasteiger partial charge < -0.3 is 9.73 Å². The average Bonchev–Trinajstić information content (AvgIpc) is 3.28. The van der Waals surface area contributed by atoms with E-state index in [0.29, 0.717) is 11.1 Å². The minimum atomic E-state index is -0.209. The lowest BCUT2D eigenvalue weighted by Gasteiger charge is -2.29. The molecule has 2 saturated carbocycles. The van der Waals surface area contributed by atoms with Gasteiger partial charge in [0.05, 0.1) is 5.25 Å². The van der Waals surface area contributed by atoms with Crippen molar-refractivity contribution >= 4 is 28.8 Å². The fourth-order valence-corrected chi connectivity index (χ4v) is 5.23. The predicted molar refractivity (Wildman–Crippen MR) is 95.9 cm³/mol. The summed E-state index contributed by atoms with van der Waals surface area (Å²) in [5, 5.41) is 3.58. The van der Waals surface area contributed by atoms with E-state index < -0.39 is 0 Å². The number of amides is 1. The van der Waals surface area contributed by atoms with Crippen molar-refractivity contribution in [1.82, 2.24) is 10.3 Å². The van der Waals surface area contributed by atoms with Crippen LogP contribution in [-0.2, 0) is 4.79 Å². The maximum absolute atomic E-state index is 12.5. The van der Waals surface area contributed by atoms with E-state index in [9.17, 15) is 4.79 Å². The number of para-hydroxylation sites is 2. The number of hydrogen-bond acceptors (Lipinski definition) is 4. The third kappa shape index (κ3) is 3.06. The molecule has 2 aliphatic rings. The van der Waals surface area contributed by atoms with Crippen molar-refractivity contribution in [1.29, 1.82) is 0 Å². The highest BCUT2D eigenvalue weighted by Crippen LogP contribution is 2.49. The van der Waals surface area contributed by atoms with Gasteiger partial charge in [0.1, 0.15) is 5.52 Å². The normalized spacial score (nSPS) is 28.2. The van der Waals surface area contributed by atoms with Gasteiger partial charge in [-0.15, -0.1) is 0 Å². The quantitative estimate of drug-likeness (QED) is 0.824. The van der Waals surface area contributed by atoms with Gasteiger partial charge in [-0.1, -0.05) is 30.3 Å². The molecule has 4 nitrogen and oxygen atoms in total. The number of benzene rings is 1. The second-order valence-corrected chi connectivity index (χ2v) is 8.64. The molecule has 0 spiro atoms. The molecule has 4 rings (SSSR count). The first-order valence-corrected chi connectivity index (χ1v) is 9.80. The molecule has 2 aromatic rings. The summed E-state index contributed by atoms with van der Waals surface area (Å²) in [4.78, 5) is 17.0. The van der Waals surface area contributed by atoms with Crippen molar-refractivity contribution in [3.05, 3.63) is 24.3 Å². The van der Waals surface area contributed by atoms with Crippen LogP contribution in [0.1, 0.15) is 39.5 Å². The van der Waals surface area contributed by atoms with Crippen molar-refractivity contribution in [3.63, 3.8) is 0 Å². The third-order valence-electron chi connectivity index (χ3n) is 5.73. The van der Waals surface area contributed by atoms with Crippen LogP contribution in [0.25, 0.3) is 11.1 Å². The van der Waals surface area contributed by atoms with Crippen LogP contribution in [0.2, 0.25) is 0 Å². The largest absolute Gasteiger partial charge is 0.431 e. The van der Waals surface area contributed by atoms with E-state index >= 15 is 0 Å². The molecule has 5 heteroatoms. The first-order chi connectivity index (χ1) is 11.6. The predicted octanol–water partition coefficient (Wildman–Crippen LogP) is 4.25. The van der Waals surface area contributed by atoms with Crippen molar-refractivity contribution in [3.8, 4) is 0 Å². The molecule has 1 aromatic heterocycles. The van der Waals surface area contributed by atoms with E-state index in [0.717, 1.165) is 22.9 Å². The first-order valence-electron chi connectivity index (χ1n) is 8.92. The van der Waals surface area contributed by atoms with Crippen LogP contribution in [-0.4, -0.2) is 22.2 Å². The minimum Gasteiger partial charge on any atom is -0.431 e. The van der Waals surface area contributed by atoms with Gasteiger partial charge in [-0.3, -0.25) is 4.79 Å². The lowest BCUT2D eigenvalue weighted by Crippen LogP contribution is -2.43. The monoisotopic (exact) mass is 344 g/mol. The molecular weight excluding hydrogens is 320 g/mol. The van der Waals surface area contributed by atoms with Gasteiger partial charge >= 0.3 is 0 Å². The van der Waals surface area contributed by atoms with Crippen LogP contribution in [0.5, 0.6) is 0 Å². The molecule has 0 radical (unpaired) electrons. The Morgan fingerprint density at radius 2 is 2.12 bits per heavy atom. The fraction of sp³-hybridized carbons (Fsp3) is 0.579. The number of aromatic nitrogens is 1. The molecule has 1 N–H and O–H groups in total. The maximum atomic E-state index is 12.5. The summed E-state index contributed by atoms with van der Waals surface area (Å²) in [6.45, 7) is 4.09. The average molecular weight is 344 g/mol. The van der Waals surface area contributed by atoms with Gasteiger partial charge in [-0.05, 0) is 63.0 Å². The lowest BCUT2D eigenvalue weighted by molar-refractivity contribution is -0.121. The van der Waals surface area contributed by atoms with Crippen LogP contribution < -0.4 is 5.32 Å². The van der Waals surface area contributed by atoms with E-state index in [-0.39, 0.29) is 17.2 Å². The lowest BCUT2D eigenvalue weighted by atomic mass is 9.84. The summed E-state index contributed by atoms with van der Waals surface area (Å²) in [5.74, 6) is 2.47. The van der Waals surface area contributed by atoms with Gasteiger partial charge in [0.25, 0.3) is 5.22 Å². The van der Waals surface area contributed by atoms with Gasteiger partial charge in [0, 0.05) is 6.04 Å². The van der Waals surface area contributed by atoms with Gasteiger partial charge in [0.2, 0.25) is 5.91 Å². The van der Waals surface area contributed by atoms with Gasteiger partial charge in [-0.2, -0.15) is 0 Å². The molecule has 1 heterocycles. The molecule has 2 fully saturated rings. The summed E-state index contributed by atoms with van der Waals surface area (Å²) in [7, 11) is 0. The summed E-state index contributed by atoms with van der Waals surface area (Å²) in [5.41, 5.74) is 1.60. The zero-order valence-electron chi connectivity index (χ0n) is 14.2. The zero-order valence-corrected chi connectivity index (χ0v) is 15.0. The van der Waals surface area contributed by atoms with E-state index in [1.54, 1.807) is 0 Å². The second kappa shape index (κ2) is 6.43. The summed E-state index contributed by atoms with van der Waals surface area (Å²) >= 11 is 1.39. The summed E-state index contributed by atoms with van der Waals surface area (Å²) in [6, 6.07) is 7.94. The molecule has 5 atom stereocenters. The molecule has 128 valence electrons. The second-order valence-electron chi connectivity index (χ2n) is 7.34. The van der Waals surface area contributed by atoms with E-state index in [1.807, 2.05) is 31.2 Å². The smallest absolute Gasteiger partial charge is 0.257 e. The Morgan fingerprint density at radius 3 is 2.83 bits per heavy atom. The van der Waals surface area contributed by atoms with Crippen LogP contribution in [0.15, 0.2) is 33.9 Å². The van der Waals surface area contributed by atoms with Crippen LogP contribution in [0.4, 0.5) is 0 Å². The standard InChI is InChI=1S/C19H24N2O2S/c1-11(15-10-13-7-8-14(15)9-13)20-18(22)12(2)24-19-21-16-5-3-4-6-17(16)23-19/h3-6,11-15H,7-10H2,1-2H3,(H,20,22)/t11-,12+,13+,14+,15-/m1/s1. The van der Waals surface area contributed by atoms with Crippen LogP contribution >= 0.6 is 11.8 Å². The minimum absolute atomic E-state index is 0.0810. The molecule has 2 aliphatic carbocycles. The molecule has 0 saturated heterocycles. The van der Waals surface area contributed by atoms with Crippen molar-refractivity contribution in [2.24, 2.45) is 17.8 Å². The SMILES string of the molecule is C[C@H](Sc1nc2ccccc2o1)C(=O)N[C@H](C)[C@H]1C[C@H]2CC[C@H]1C2.